The molecule has 1 rings (SSSR count). The molecule has 0 heterocycles. The average molecular weight is 376 g/mol. The van der Waals surface area contributed by atoms with Crippen molar-refractivity contribution in [2.24, 2.45) is 11.8 Å². The quantitative estimate of drug-likeness (QED) is 0.364. The van der Waals surface area contributed by atoms with Gasteiger partial charge in [-0.1, -0.05) is 83.9 Å². The smallest absolute Gasteiger partial charge is 0.410 e. The van der Waals surface area contributed by atoms with E-state index in [4.69, 9.17) is 4.74 Å². The van der Waals surface area contributed by atoms with E-state index in [1.165, 1.54) is 44.1 Å². The second-order valence-corrected chi connectivity index (χ2v) is 7.92. The van der Waals surface area contributed by atoms with Crippen molar-refractivity contribution in [3.63, 3.8) is 0 Å². The van der Waals surface area contributed by atoms with E-state index >= 15 is 0 Å². The molecule has 0 N–H and O–H groups in total. The van der Waals surface area contributed by atoms with Gasteiger partial charge in [-0.2, -0.15) is 0 Å². The topological polar surface area (TPSA) is 29.5 Å². The molecule has 0 bridgehead atoms. The number of hydrogen-bond acceptors (Lipinski definition) is 2. The molecule has 2 unspecified atom stereocenters. The fourth-order valence-corrected chi connectivity index (χ4v) is 3.45. The zero-order valence-corrected chi connectivity index (χ0v) is 18.3. The fourth-order valence-electron chi connectivity index (χ4n) is 3.45. The minimum Gasteiger partial charge on any atom is -0.410 e. The third-order valence-corrected chi connectivity index (χ3v) is 5.53. The molecule has 0 spiro atoms. The Labute approximate surface area is 167 Å². The number of nitrogens with zero attached hydrogens (tertiary/aromatic N) is 1. The number of amides is 1. The van der Waals surface area contributed by atoms with E-state index in [2.05, 4.69) is 27.7 Å². The van der Waals surface area contributed by atoms with Gasteiger partial charge in [0.05, 0.1) is 0 Å². The van der Waals surface area contributed by atoms with Gasteiger partial charge < -0.3 is 9.64 Å². The summed E-state index contributed by atoms with van der Waals surface area (Å²) < 4.78 is 5.72. The molecule has 0 saturated carbocycles. The number of hydrogen-bond donors (Lipinski definition) is 0. The Morgan fingerprint density at radius 3 is 1.78 bits per heavy atom. The van der Waals surface area contributed by atoms with Crippen LogP contribution in [-0.2, 0) is 0 Å². The van der Waals surface area contributed by atoms with Gasteiger partial charge in [-0.05, 0) is 43.7 Å². The molecule has 1 aromatic rings. The molecule has 0 radical (unpaired) electrons. The summed E-state index contributed by atoms with van der Waals surface area (Å²) in [6, 6.07) is 7.74. The van der Waals surface area contributed by atoms with Crippen LogP contribution in [0.3, 0.4) is 0 Å². The Morgan fingerprint density at radius 2 is 1.37 bits per heavy atom. The van der Waals surface area contributed by atoms with Crippen LogP contribution in [-0.4, -0.2) is 24.1 Å². The molecule has 0 saturated heterocycles. The molecule has 0 aromatic heterocycles. The van der Waals surface area contributed by atoms with E-state index in [0.29, 0.717) is 17.6 Å². The van der Waals surface area contributed by atoms with Gasteiger partial charge >= 0.3 is 6.09 Å². The predicted molar refractivity (Wildman–Crippen MR) is 115 cm³/mol. The first kappa shape index (κ1) is 23.5. The first-order valence-electron chi connectivity index (χ1n) is 11.1. The van der Waals surface area contributed by atoms with Gasteiger partial charge in [-0.15, -0.1) is 0 Å². The van der Waals surface area contributed by atoms with E-state index in [1.807, 2.05) is 36.1 Å². The lowest BCUT2D eigenvalue weighted by atomic mass is 9.96. The third-order valence-electron chi connectivity index (χ3n) is 5.53. The van der Waals surface area contributed by atoms with Crippen molar-refractivity contribution in [2.45, 2.75) is 86.0 Å². The zero-order valence-electron chi connectivity index (χ0n) is 18.3. The first-order valence-corrected chi connectivity index (χ1v) is 11.1. The van der Waals surface area contributed by atoms with Gasteiger partial charge in [0.25, 0.3) is 0 Å². The molecule has 3 nitrogen and oxygen atoms in total. The number of carbonyl (C=O) groups is 1. The number of ether oxygens (including phenoxy) is 1. The Bertz CT molecular complexity index is 494. The lowest BCUT2D eigenvalue weighted by Gasteiger charge is -2.30. The summed E-state index contributed by atoms with van der Waals surface area (Å²) >= 11 is 0. The van der Waals surface area contributed by atoms with Crippen LogP contribution in [0.5, 0.6) is 5.75 Å². The normalized spacial score (nSPS) is 13.2. The van der Waals surface area contributed by atoms with Crippen LogP contribution in [0.1, 0.15) is 84.6 Å². The van der Waals surface area contributed by atoms with Gasteiger partial charge in [-0.25, -0.2) is 4.79 Å². The molecule has 1 aromatic carbocycles. The third kappa shape index (κ3) is 9.30. The average Bonchev–Trinajstić information content (AvgIpc) is 2.68. The van der Waals surface area contributed by atoms with E-state index in [-0.39, 0.29) is 6.09 Å². The second kappa shape index (κ2) is 13.6. The largest absolute Gasteiger partial charge is 0.415 e. The van der Waals surface area contributed by atoms with Crippen molar-refractivity contribution in [3.8, 4) is 5.75 Å². The van der Waals surface area contributed by atoms with Crippen LogP contribution in [0.15, 0.2) is 24.3 Å². The monoisotopic (exact) mass is 375 g/mol. The molecule has 2 atom stereocenters. The highest BCUT2D eigenvalue weighted by Gasteiger charge is 2.23. The van der Waals surface area contributed by atoms with Crippen molar-refractivity contribution in [3.05, 3.63) is 29.8 Å². The van der Waals surface area contributed by atoms with Crippen LogP contribution in [0, 0.1) is 18.8 Å². The summed E-state index contributed by atoms with van der Waals surface area (Å²) in [6.07, 6.45) is 9.28. The first-order chi connectivity index (χ1) is 13.0. The van der Waals surface area contributed by atoms with E-state index in [9.17, 15) is 4.79 Å². The Kier molecular flexibility index (Phi) is 11.9. The van der Waals surface area contributed by atoms with Gasteiger partial charge in [0, 0.05) is 13.1 Å². The van der Waals surface area contributed by atoms with Gasteiger partial charge in [0.15, 0.2) is 0 Å². The SMILES string of the molecule is CCCCC(CC)CN(CC(CC)CCCC)C(=O)Oc1ccc(C)cc1. The number of carbonyl (C=O) groups excluding carboxylic acids is 1. The molecule has 0 aliphatic carbocycles. The van der Waals surface area contributed by atoms with Crippen LogP contribution in [0.25, 0.3) is 0 Å². The highest BCUT2D eigenvalue weighted by Crippen LogP contribution is 2.21. The summed E-state index contributed by atoms with van der Waals surface area (Å²) in [5.74, 6) is 1.75. The summed E-state index contributed by atoms with van der Waals surface area (Å²) in [5, 5.41) is 0. The van der Waals surface area contributed by atoms with Crippen molar-refractivity contribution in [1.82, 2.24) is 4.90 Å². The van der Waals surface area contributed by atoms with Crippen LogP contribution < -0.4 is 4.74 Å². The predicted octanol–water partition coefficient (Wildman–Crippen LogP) is 7.23. The molecular formula is C24H41NO2. The maximum Gasteiger partial charge on any atom is 0.415 e. The highest BCUT2D eigenvalue weighted by molar-refractivity contribution is 5.70. The summed E-state index contributed by atoms with van der Waals surface area (Å²) in [7, 11) is 0. The molecule has 1 amide bonds. The van der Waals surface area contributed by atoms with Gasteiger partial charge in [-0.3, -0.25) is 0 Å². The lowest BCUT2D eigenvalue weighted by Crippen LogP contribution is -2.40. The number of rotatable bonds is 13. The summed E-state index contributed by atoms with van der Waals surface area (Å²) in [6.45, 7) is 12.6. The minimum absolute atomic E-state index is 0.191. The standard InChI is InChI=1S/C24H41NO2/c1-6-10-12-21(8-3)18-25(19-22(9-4)13-11-7-2)24(26)27-23-16-14-20(5)15-17-23/h14-17,21-22H,6-13,18-19H2,1-5H3. The number of unbranched alkanes of at least 4 members (excludes halogenated alkanes) is 2. The van der Waals surface area contributed by atoms with E-state index in [0.717, 1.165) is 25.9 Å². The summed E-state index contributed by atoms with van der Waals surface area (Å²) in [5.41, 5.74) is 1.17. The molecule has 154 valence electrons. The fraction of sp³-hybridized carbons (Fsp3) is 0.708. The highest BCUT2D eigenvalue weighted by atomic mass is 16.6. The van der Waals surface area contributed by atoms with Crippen molar-refractivity contribution in [1.29, 1.82) is 0 Å². The van der Waals surface area contributed by atoms with Gasteiger partial charge in [0.2, 0.25) is 0 Å². The van der Waals surface area contributed by atoms with Crippen LogP contribution in [0.2, 0.25) is 0 Å². The molecule has 27 heavy (non-hydrogen) atoms. The Morgan fingerprint density at radius 1 is 0.889 bits per heavy atom. The molecule has 0 fully saturated rings. The van der Waals surface area contributed by atoms with Crippen molar-refractivity contribution >= 4 is 6.09 Å². The van der Waals surface area contributed by atoms with Gasteiger partial charge in [0.1, 0.15) is 5.75 Å². The minimum atomic E-state index is -0.191. The molecular weight excluding hydrogens is 334 g/mol. The lowest BCUT2D eigenvalue weighted by molar-refractivity contribution is 0.129. The van der Waals surface area contributed by atoms with Crippen molar-refractivity contribution in [2.75, 3.05) is 13.1 Å². The number of benzene rings is 1. The molecule has 0 aliphatic heterocycles. The van der Waals surface area contributed by atoms with Crippen molar-refractivity contribution < 1.29 is 9.53 Å². The van der Waals surface area contributed by atoms with E-state index in [1.54, 1.807) is 0 Å². The Hall–Kier alpha value is -1.51. The van der Waals surface area contributed by atoms with E-state index < -0.39 is 0 Å². The molecule has 3 heteroatoms. The second-order valence-electron chi connectivity index (χ2n) is 7.92. The molecule has 0 aliphatic rings. The Balaban J connectivity index is 2.82. The van der Waals surface area contributed by atoms with Crippen LogP contribution >= 0.6 is 0 Å². The maximum absolute atomic E-state index is 13.0. The number of aryl methyl sites for hydroxylation is 1. The maximum atomic E-state index is 13.0. The zero-order chi connectivity index (χ0) is 20.1. The van der Waals surface area contributed by atoms with Crippen LogP contribution in [0.4, 0.5) is 4.79 Å². The summed E-state index contributed by atoms with van der Waals surface area (Å²) in [4.78, 5) is 14.9.